The second-order valence-electron chi connectivity index (χ2n) is 2.65. The van der Waals surface area contributed by atoms with Crippen LogP contribution in [0.4, 0.5) is 0 Å². The fourth-order valence-corrected chi connectivity index (χ4v) is 0.706. The zero-order valence-electron chi connectivity index (χ0n) is 6.50. The summed E-state index contributed by atoms with van der Waals surface area (Å²) in [6.07, 6.45) is 1.02. The molecule has 0 saturated carbocycles. The first kappa shape index (κ1) is 9.43. The van der Waals surface area contributed by atoms with Gasteiger partial charge in [-0.05, 0) is 5.92 Å². The monoisotopic (exact) mass is 145 g/mol. The van der Waals surface area contributed by atoms with E-state index in [-0.39, 0.29) is 12.5 Å². The number of aliphatic carboxylic acids is 1. The third-order valence-electron chi connectivity index (χ3n) is 1.79. The molecule has 2 atom stereocenters. The Hall–Kier alpha value is -0.570. The lowest BCUT2D eigenvalue weighted by Gasteiger charge is -2.15. The lowest BCUT2D eigenvalue weighted by atomic mass is 9.98. The van der Waals surface area contributed by atoms with E-state index in [1.807, 2.05) is 13.8 Å². The molecule has 0 aromatic heterocycles. The van der Waals surface area contributed by atoms with Gasteiger partial charge in [-0.2, -0.15) is 0 Å². The number of hydrogen-bond donors (Lipinski definition) is 2. The Morgan fingerprint density at radius 2 is 2.20 bits per heavy atom. The van der Waals surface area contributed by atoms with Gasteiger partial charge < -0.3 is 10.8 Å². The van der Waals surface area contributed by atoms with Crippen molar-refractivity contribution >= 4 is 5.97 Å². The normalized spacial score (nSPS) is 16.3. The van der Waals surface area contributed by atoms with E-state index in [9.17, 15) is 4.79 Å². The van der Waals surface area contributed by atoms with E-state index < -0.39 is 5.97 Å². The van der Waals surface area contributed by atoms with Crippen LogP contribution in [0.25, 0.3) is 0 Å². The molecule has 0 spiro atoms. The van der Waals surface area contributed by atoms with E-state index in [4.69, 9.17) is 10.8 Å². The summed E-state index contributed by atoms with van der Waals surface area (Å²) in [7, 11) is 0. The molecule has 0 aromatic rings. The van der Waals surface area contributed by atoms with Crippen LogP contribution in [-0.4, -0.2) is 17.1 Å². The molecule has 10 heavy (non-hydrogen) atoms. The molecule has 0 radical (unpaired) electrons. The first-order valence-corrected chi connectivity index (χ1v) is 3.55. The lowest BCUT2D eigenvalue weighted by molar-refractivity contribution is -0.137. The largest absolute Gasteiger partial charge is 0.481 e. The van der Waals surface area contributed by atoms with Crippen molar-refractivity contribution in [3.8, 4) is 0 Å². The molecular formula is C7H15NO2. The predicted octanol–water partition coefficient (Wildman–Crippen LogP) is 0.835. The average Bonchev–Trinajstić information content (AvgIpc) is 1.85. The molecule has 0 fully saturated rings. The van der Waals surface area contributed by atoms with Crippen LogP contribution in [0.15, 0.2) is 0 Å². The number of carboxylic acid groups (broad SMARTS) is 1. The molecule has 3 nitrogen and oxygen atoms in total. The van der Waals surface area contributed by atoms with Crippen molar-refractivity contribution in [1.29, 1.82) is 0 Å². The molecule has 0 aromatic carbocycles. The van der Waals surface area contributed by atoms with Gasteiger partial charge in [-0.15, -0.1) is 0 Å². The van der Waals surface area contributed by atoms with Crippen molar-refractivity contribution in [2.45, 2.75) is 32.7 Å². The van der Waals surface area contributed by atoms with Crippen LogP contribution in [0.3, 0.4) is 0 Å². The van der Waals surface area contributed by atoms with Gasteiger partial charge in [0.25, 0.3) is 0 Å². The van der Waals surface area contributed by atoms with Gasteiger partial charge in [0.2, 0.25) is 0 Å². The Morgan fingerprint density at radius 3 is 2.50 bits per heavy atom. The van der Waals surface area contributed by atoms with E-state index in [0.29, 0.717) is 5.92 Å². The van der Waals surface area contributed by atoms with Crippen LogP contribution < -0.4 is 5.73 Å². The smallest absolute Gasteiger partial charge is 0.304 e. The fourth-order valence-electron chi connectivity index (χ4n) is 0.706. The Morgan fingerprint density at radius 1 is 1.70 bits per heavy atom. The zero-order chi connectivity index (χ0) is 8.15. The van der Waals surface area contributed by atoms with Crippen molar-refractivity contribution in [1.82, 2.24) is 0 Å². The highest BCUT2D eigenvalue weighted by molar-refractivity contribution is 5.67. The first-order chi connectivity index (χ1) is 4.57. The SMILES string of the molecule is CC[C@H](C)[C@H](N)CC(=O)O. The number of hydrogen-bond acceptors (Lipinski definition) is 2. The average molecular weight is 145 g/mol. The Kier molecular flexibility index (Phi) is 4.03. The minimum atomic E-state index is -0.812. The summed E-state index contributed by atoms with van der Waals surface area (Å²) in [5, 5.41) is 8.35. The van der Waals surface area contributed by atoms with Gasteiger partial charge in [-0.3, -0.25) is 4.79 Å². The van der Waals surface area contributed by atoms with Crippen LogP contribution in [-0.2, 0) is 4.79 Å². The Bertz CT molecular complexity index is 114. The van der Waals surface area contributed by atoms with Crippen LogP contribution in [0.5, 0.6) is 0 Å². The zero-order valence-corrected chi connectivity index (χ0v) is 6.50. The van der Waals surface area contributed by atoms with Crippen molar-refractivity contribution in [2.75, 3.05) is 0 Å². The van der Waals surface area contributed by atoms with Crippen molar-refractivity contribution in [3.05, 3.63) is 0 Å². The highest BCUT2D eigenvalue weighted by atomic mass is 16.4. The molecule has 0 amide bonds. The maximum atomic E-state index is 10.2. The van der Waals surface area contributed by atoms with Crippen molar-refractivity contribution in [3.63, 3.8) is 0 Å². The molecule has 0 heterocycles. The Balaban J connectivity index is 3.61. The molecule has 3 N–H and O–H groups in total. The number of carbonyl (C=O) groups is 1. The number of carboxylic acids is 1. The van der Waals surface area contributed by atoms with Crippen LogP contribution >= 0.6 is 0 Å². The molecule has 0 aliphatic heterocycles. The molecular weight excluding hydrogens is 130 g/mol. The summed E-state index contributed by atoms with van der Waals surface area (Å²) >= 11 is 0. The van der Waals surface area contributed by atoms with Gasteiger partial charge >= 0.3 is 5.97 Å². The first-order valence-electron chi connectivity index (χ1n) is 3.55. The quantitative estimate of drug-likeness (QED) is 0.616. The van der Waals surface area contributed by atoms with Gasteiger partial charge in [0.05, 0.1) is 6.42 Å². The molecule has 0 unspecified atom stereocenters. The minimum Gasteiger partial charge on any atom is -0.481 e. The third-order valence-corrected chi connectivity index (χ3v) is 1.79. The summed E-state index contributed by atoms with van der Waals surface area (Å²) in [5.74, 6) is -0.510. The molecule has 3 heteroatoms. The molecule has 0 rings (SSSR count). The molecule has 0 aliphatic carbocycles. The molecule has 0 aliphatic rings. The number of nitrogens with two attached hydrogens (primary N) is 1. The summed E-state index contributed by atoms with van der Waals surface area (Å²) in [4.78, 5) is 10.2. The van der Waals surface area contributed by atoms with Crippen LogP contribution in [0.2, 0.25) is 0 Å². The van der Waals surface area contributed by atoms with Gasteiger partial charge in [-0.25, -0.2) is 0 Å². The van der Waals surface area contributed by atoms with E-state index in [2.05, 4.69) is 0 Å². The molecule has 0 saturated heterocycles. The summed E-state index contributed by atoms with van der Waals surface area (Å²) in [6, 6.07) is -0.192. The van der Waals surface area contributed by atoms with E-state index in [1.54, 1.807) is 0 Å². The van der Waals surface area contributed by atoms with Gasteiger partial charge in [-0.1, -0.05) is 20.3 Å². The molecule has 0 bridgehead atoms. The van der Waals surface area contributed by atoms with E-state index in [0.717, 1.165) is 6.42 Å². The van der Waals surface area contributed by atoms with Crippen LogP contribution in [0.1, 0.15) is 26.7 Å². The standard InChI is InChI=1S/C7H15NO2/c1-3-5(2)6(8)4-7(9)10/h5-6H,3-4,8H2,1-2H3,(H,9,10)/t5-,6+/m0/s1. The lowest BCUT2D eigenvalue weighted by Crippen LogP contribution is -2.30. The summed E-state index contributed by atoms with van der Waals surface area (Å²) in [6.45, 7) is 3.97. The topological polar surface area (TPSA) is 63.3 Å². The third kappa shape index (κ3) is 3.45. The van der Waals surface area contributed by atoms with Gasteiger partial charge in [0, 0.05) is 6.04 Å². The minimum absolute atomic E-state index is 0.0784. The highest BCUT2D eigenvalue weighted by Crippen LogP contribution is 2.07. The fraction of sp³-hybridized carbons (Fsp3) is 0.857. The molecule has 60 valence electrons. The second-order valence-corrected chi connectivity index (χ2v) is 2.65. The van der Waals surface area contributed by atoms with E-state index in [1.165, 1.54) is 0 Å². The van der Waals surface area contributed by atoms with Crippen molar-refractivity contribution in [2.24, 2.45) is 11.7 Å². The van der Waals surface area contributed by atoms with Gasteiger partial charge in [0.15, 0.2) is 0 Å². The highest BCUT2D eigenvalue weighted by Gasteiger charge is 2.13. The predicted molar refractivity (Wildman–Crippen MR) is 39.7 cm³/mol. The summed E-state index contributed by atoms with van der Waals surface area (Å²) < 4.78 is 0. The van der Waals surface area contributed by atoms with Gasteiger partial charge in [0.1, 0.15) is 0 Å². The maximum Gasteiger partial charge on any atom is 0.304 e. The van der Waals surface area contributed by atoms with E-state index >= 15 is 0 Å². The Labute approximate surface area is 61.2 Å². The van der Waals surface area contributed by atoms with Crippen LogP contribution in [0, 0.1) is 5.92 Å². The second kappa shape index (κ2) is 4.28. The summed E-state index contributed by atoms with van der Waals surface area (Å²) in [5.41, 5.74) is 5.55. The number of rotatable bonds is 4. The van der Waals surface area contributed by atoms with Crippen molar-refractivity contribution < 1.29 is 9.90 Å². The maximum absolute atomic E-state index is 10.2.